The molecule has 1 aromatic rings. The lowest BCUT2D eigenvalue weighted by Gasteiger charge is -2.31. The second-order valence-corrected chi connectivity index (χ2v) is 5.65. The van der Waals surface area contributed by atoms with E-state index in [1.807, 2.05) is 24.0 Å². The average molecular weight is 310 g/mol. The van der Waals surface area contributed by atoms with E-state index in [1.54, 1.807) is 12.1 Å². The van der Waals surface area contributed by atoms with E-state index < -0.39 is 0 Å². The maximum absolute atomic E-state index is 12.2. The molecule has 0 N–H and O–H groups in total. The number of hydrogen-bond donors (Lipinski definition) is 0. The quantitative estimate of drug-likeness (QED) is 0.803. The number of esters is 1. The molecular weight excluding hydrogens is 290 g/mol. The van der Waals surface area contributed by atoms with Crippen LogP contribution in [0.1, 0.15) is 25.3 Å². The molecule has 0 unspecified atom stereocenters. The fourth-order valence-corrected chi connectivity index (χ4v) is 2.64. The number of likely N-dealkylation sites (tertiary alicyclic amines) is 1. The van der Waals surface area contributed by atoms with Crippen LogP contribution in [0.3, 0.4) is 0 Å². The second kappa shape index (κ2) is 7.46. The summed E-state index contributed by atoms with van der Waals surface area (Å²) in [5.41, 5.74) is 0.955. The van der Waals surface area contributed by atoms with Crippen LogP contribution in [-0.2, 0) is 20.7 Å². The van der Waals surface area contributed by atoms with Gasteiger partial charge in [0, 0.05) is 18.1 Å². The van der Waals surface area contributed by atoms with Crippen LogP contribution in [0.15, 0.2) is 24.3 Å². The lowest BCUT2D eigenvalue weighted by atomic mass is 9.96. The van der Waals surface area contributed by atoms with Crippen molar-refractivity contribution in [3.05, 3.63) is 34.9 Å². The van der Waals surface area contributed by atoms with Crippen LogP contribution in [0, 0.1) is 5.92 Å². The first-order chi connectivity index (χ1) is 10.1. The predicted octanol–water partition coefficient (Wildman–Crippen LogP) is 2.68. The fraction of sp³-hybridized carbons (Fsp3) is 0.500. The van der Waals surface area contributed by atoms with Crippen LogP contribution < -0.4 is 0 Å². The largest absolute Gasteiger partial charge is 0.466 e. The van der Waals surface area contributed by atoms with E-state index in [0.29, 0.717) is 44.0 Å². The molecule has 5 heteroatoms. The van der Waals surface area contributed by atoms with Gasteiger partial charge in [-0.05, 0) is 37.5 Å². The summed E-state index contributed by atoms with van der Waals surface area (Å²) in [5, 5.41) is 0.668. The van der Waals surface area contributed by atoms with Crippen LogP contribution in [0.2, 0.25) is 5.02 Å². The molecule has 4 nitrogen and oxygen atoms in total. The number of hydrogen-bond acceptors (Lipinski definition) is 3. The van der Waals surface area contributed by atoms with Crippen molar-refractivity contribution >= 4 is 23.5 Å². The molecule has 1 amide bonds. The molecule has 0 aliphatic carbocycles. The Labute approximate surface area is 130 Å². The zero-order valence-electron chi connectivity index (χ0n) is 12.2. The lowest BCUT2D eigenvalue weighted by molar-refractivity contribution is -0.151. The van der Waals surface area contributed by atoms with E-state index in [-0.39, 0.29) is 17.8 Å². The zero-order chi connectivity index (χ0) is 15.2. The van der Waals surface area contributed by atoms with Crippen LogP contribution >= 0.6 is 11.6 Å². The number of carbonyl (C=O) groups is 2. The van der Waals surface area contributed by atoms with E-state index in [0.717, 1.165) is 5.56 Å². The SMILES string of the molecule is CCOC(=O)C1CCN(C(=O)Cc2ccc(Cl)cc2)CC1. The number of benzene rings is 1. The molecule has 0 radical (unpaired) electrons. The van der Waals surface area contributed by atoms with E-state index in [1.165, 1.54) is 0 Å². The Bertz CT molecular complexity index is 493. The fourth-order valence-electron chi connectivity index (χ4n) is 2.51. The normalized spacial score (nSPS) is 15.8. The number of halogens is 1. The summed E-state index contributed by atoms with van der Waals surface area (Å²) in [4.78, 5) is 25.7. The summed E-state index contributed by atoms with van der Waals surface area (Å²) in [6.45, 7) is 3.46. The highest BCUT2D eigenvalue weighted by atomic mass is 35.5. The average Bonchev–Trinajstić information content (AvgIpc) is 2.50. The summed E-state index contributed by atoms with van der Waals surface area (Å²) in [5.74, 6) is -0.105. The first-order valence-electron chi connectivity index (χ1n) is 7.29. The van der Waals surface area contributed by atoms with Gasteiger partial charge in [-0.1, -0.05) is 23.7 Å². The first kappa shape index (κ1) is 15.8. The molecule has 1 aliphatic heterocycles. The third-order valence-corrected chi connectivity index (χ3v) is 3.99. The minimum atomic E-state index is -0.137. The molecule has 1 aromatic carbocycles. The van der Waals surface area contributed by atoms with Crippen molar-refractivity contribution in [2.45, 2.75) is 26.2 Å². The number of piperidine rings is 1. The van der Waals surface area contributed by atoms with Crippen molar-refractivity contribution in [3.63, 3.8) is 0 Å². The van der Waals surface area contributed by atoms with Crippen molar-refractivity contribution in [1.82, 2.24) is 4.90 Å². The topological polar surface area (TPSA) is 46.6 Å². The Morgan fingerprint density at radius 3 is 2.43 bits per heavy atom. The number of nitrogens with zero attached hydrogens (tertiary/aromatic N) is 1. The molecular formula is C16H20ClNO3. The third-order valence-electron chi connectivity index (χ3n) is 3.74. The zero-order valence-corrected chi connectivity index (χ0v) is 12.9. The Balaban J connectivity index is 1.83. The van der Waals surface area contributed by atoms with Crippen molar-refractivity contribution in [3.8, 4) is 0 Å². The molecule has 0 spiro atoms. The van der Waals surface area contributed by atoms with Crippen LogP contribution in [0.25, 0.3) is 0 Å². The standard InChI is InChI=1S/C16H20ClNO3/c1-2-21-16(20)13-7-9-18(10-8-13)15(19)11-12-3-5-14(17)6-4-12/h3-6,13H,2,7-11H2,1H3. The van der Waals surface area contributed by atoms with Gasteiger partial charge in [0.2, 0.25) is 5.91 Å². The van der Waals surface area contributed by atoms with Gasteiger partial charge >= 0.3 is 5.97 Å². The van der Waals surface area contributed by atoms with Crippen LogP contribution in [-0.4, -0.2) is 36.5 Å². The lowest BCUT2D eigenvalue weighted by Crippen LogP contribution is -2.41. The van der Waals surface area contributed by atoms with Gasteiger partial charge in [-0.2, -0.15) is 0 Å². The maximum atomic E-state index is 12.2. The molecule has 2 rings (SSSR count). The highest BCUT2D eigenvalue weighted by molar-refractivity contribution is 6.30. The van der Waals surface area contributed by atoms with Crippen LogP contribution in [0.4, 0.5) is 0 Å². The van der Waals surface area contributed by atoms with E-state index >= 15 is 0 Å². The monoisotopic (exact) mass is 309 g/mol. The third kappa shape index (κ3) is 4.46. The molecule has 1 saturated heterocycles. The van der Waals surface area contributed by atoms with Gasteiger partial charge in [0.15, 0.2) is 0 Å². The number of amides is 1. The number of rotatable bonds is 4. The molecule has 114 valence electrons. The molecule has 1 aliphatic rings. The van der Waals surface area contributed by atoms with E-state index in [9.17, 15) is 9.59 Å². The summed E-state index contributed by atoms with van der Waals surface area (Å²) < 4.78 is 5.03. The molecule has 0 aromatic heterocycles. The van der Waals surface area contributed by atoms with Crippen molar-refractivity contribution in [2.75, 3.05) is 19.7 Å². The first-order valence-corrected chi connectivity index (χ1v) is 7.66. The van der Waals surface area contributed by atoms with Gasteiger partial charge < -0.3 is 9.64 Å². The summed E-state index contributed by atoms with van der Waals surface area (Å²) in [7, 11) is 0. The molecule has 1 heterocycles. The van der Waals surface area contributed by atoms with E-state index in [4.69, 9.17) is 16.3 Å². The minimum absolute atomic E-state index is 0.0652. The smallest absolute Gasteiger partial charge is 0.309 e. The Hall–Kier alpha value is -1.55. The van der Waals surface area contributed by atoms with Crippen molar-refractivity contribution < 1.29 is 14.3 Å². The van der Waals surface area contributed by atoms with Gasteiger partial charge in [-0.3, -0.25) is 9.59 Å². The summed E-state index contributed by atoms with van der Waals surface area (Å²) in [6.07, 6.45) is 1.75. The van der Waals surface area contributed by atoms with Gasteiger partial charge in [0.05, 0.1) is 18.9 Å². The summed E-state index contributed by atoms with van der Waals surface area (Å²) in [6, 6.07) is 7.31. The van der Waals surface area contributed by atoms with E-state index in [2.05, 4.69) is 0 Å². The molecule has 21 heavy (non-hydrogen) atoms. The van der Waals surface area contributed by atoms with Gasteiger partial charge in [-0.25, -0.2) is 0 Å². The van der Waals surface area contributed by atoms with Gasteiger partial charge in [0.1, 0.15) is 0 Å². The van der Waals surface area contributed by atoms with Crippen LogP contribution in [0.5, 0.6) is 0 Å². The molecule has 1 fully saturated rings. The molecule has 0 saturated carbocycles. The second-order valence-electron chi connectivity index (χ2n) is 5.21. The highest BCUT2D eigenvalue weighted by Gasteiger charge is 2.27. The Kier molecular flexibility index (Phi) is 5.62. The molecule has 0 atom stereocenters. The van der Waals surface area contributed by atoms with Crippen molar-refractivity contribution in [1.29, 1.82) is 0 Å². The number of ether oxygens (including phenoxy) is 1. The Morgan fingerprint density at radius 1 is 1.24 bits per heavy atom. The Morgan fingerprint density at radius 2 is 1.86 bits per heavy atom. The van der Waals surface area contributed by atoms with Crippen molar-refractivity contribution in [2.24, 2.45) is 5.92 Å². The number of carbonyl (C=O) groups excluding carboxylic acids is 2. The molecule has 0 bridgehead atoms. The van der Waals surface area contributed by atoms with Gasteiger partial charge in [-0.15, -0.1) is 0 Å². The van der Waals surface area contributed by atoms with Gasteiger partial charge in [0.25, 0.3) is 0 Å². The predicted molar refractivity (Wildman–Crippen MR) is 81.1 cm³/mol. The maximum Gasteiger partial charge on any atom is 0.309 e. The summed E-state index contributed by atoms with van der Waals surface area (Å²) >= 11 is 5.83. The minimum Gasteiger partial charge on any atom is -0.466 e. The highest BCUT2D eigenvalue weighted by Crippen LogP contribution is 2.20.